The van der Waals surface area contributed by atoms with Gasteiger partial charge in [-0.1, -0.05) is 24.3 Å². The summed E-state index contributed by atoms with van der Waals surface area (Å²) in [7, 11) is 1.68. The lowest BCUT2D eigenvalue weighted by Crippen LogP contribution is -2.21. The van der Waals surface area contributed by atoms with E-state index in [1.807, 2.05) is 12.1 Å². The van der Waals surface area contributed by atoms with E-state index in [2.05, 4.69) is 24.3 Å². The van der Waals surface area contributed by atoms with Crippen LogP contribution in [0.2, 0.25) is 0 Å². The van der Waals surface area contributed by atoms with Gasteiger partial charge in [-0.3, -0.25) is 0 Å². The van der Waals surface area contributed by atoms with E-state index in [9.17, 15) is 5.11 Å². The molecule has 2 rings (SSSR count). The first-order valence-electron chi connectivity index (χ1n) is 6.75. The molecule has 0 heterocycles. The molecule has 0 saturated heterocycles. The molecule has 0 aliphatic heterocycles. The van der Waals surface area contributed by atoms with E-state index in [-0.39, 0.29) is 6.10 Å². The highest BCUT2D eigenvalue weighted by Crippen LogP contribution is 2.24. The molecule has 0 spiro atoms. The molecular formula is C16H22O2. The maximum Gasteiger partial charge on any atom is 0.118 e. The molecule has 2 nitrogen and oxygen atoms in total. The summed E-state index contributed by atoms with van der Waals surface area (Å²) in [5, 5.41) is 10.2. The Hall–Kier alpha value is -1.28. The third kappa shape index (κ3) is 3.61. The lowest BCUT2D eigenvalue weighted by atomic mass is 9.87. The highest BCUT2D eigenvalue weighted by atomic mass is 16.5. The van der Waals surface area contributed by atoms with Crippen LogP contribution in [-0.4, -0.2) is 18.3 Å². The van der Waals surface area contributed by atoms with Crippen LogP contribution >= 0.6 is 0 Å². The lowest BCUT2D eigenvalue weighted by Gasteiger charge is -2.23. The molecule has 1 N–H and O–H groups in total. The van der Waals surface area contributed by atoms with E-state index in [0.29, 0.717) is 5.92 Å². The van der Waals surface area contributed by atoms with Crippen LogP contribution in [0, 0.1) is 5.92 Å². The fraction of sp³-hybridized carbons (Fsp3) is 0.500. The molecule has 0 radical (unpaired) electrons. The van der Waals surface area contributed by atoms with Crippen molar-refractivity contribution in [2.75, 3.05) is 7.11 Å². The average molecular weight is 246 g/mol. The van der Waals surface area contributed by atoms with Crippen molar-refractivity contribution < 1.29 is 9.84 Å². The Morgan fingerprint density at radius 2 is 2.06 bits per heavy atom. The van der Waals surface area contributed by atoms with Gasteiger partial charge in [-0.15, -0.1) is 0 Å². The molecule has 0 saturated carbocycles. The molecule has 0 amide bonds. The largest absolute Gasteiger partial charge is 0.497 e. The molecule has 1 aromatic carbocycles. The molecule has 1 aliphatic rings. The average Bonchev–Trinajstić information content (AvgIpc) is 2.46. The zero-order valence-electron chi connectivity index (χ0n) is 11.0. The topological polar surface area (TPSA) is 29.5 Å². The molecular weight excluding hydrogens is 224 g/mol. The van der Waals surface area contributed by atoms with Gasteiger partial charge < -0.3 is 9.84 Å². The second kappa shape index (κ2) is 6.60. The van der Waals surface area contributed by atoms with E-state index in [0.717, 1.165) is 37.9 Å². The highest BCUT2D eigenvalue weighted by Gasteiger charge is 2.18. The van der Waals surface area contributed by atoms with Gasteiger partial charge in [0.1, 0.15) is 5.75 Å². The Morgan fingerprint density at radius 1 is 1.28 bits per heavy atom. The molecule has 1 aliphatic carbocycles. The molecule has 98 valence electrons. The van der Waals surface area contributed by atoms with Gasteiger partial charge in [0, 0.05) is 0 Å². The van der Waals surface area contributed by atoms with Gasteiger partial charge in [0.25, 0.3) is 0 Å². The van der Waals surface area contributed by atoms with Crippen LogP contribution in [-0.2, 0) is 6.42 Å². The van der Waals surface area contributed by atoms with Crippen molar-refractivity contribution in [1.82, 2.24) is 0 Å². The van der Waals surface area contributed by atoms with Crippen molar-refractivity contribution in [3.8, 4) is 5.75 Å². The number of allylic oxidation sites excluding steroid dienone is 2. The molecule has 0 bridgehead atoms. The number of rotatable bonds is 5. The van der Waals surface area contributed by atoms with E-state index < -0.39 is 0 Å². The zero-order chi connectivity index (χ0) is 12.8. The number of hydrogen-bond acceptors (Lipinski definition) is 2. The van der Waals surface area contributed by atoms with E-state index in [4.69, 9.17) is 4.74 Å². The van der Waals surface area contributed by atoms with Crippen LogP contribution in [0.25, 0.3) is 0 Å². The summed E-state index contributed by atoms with van der Waals surface area (Å²) in [6.45, 7) is 0. The van der Waals surface area contributed by atoms with Crippen molar-refractivity contribution in [3.05, 3.63) is 42.0 Å². The lowest BCUT2D eigenvalue weighted by molar-refractivity contribution is 0.0938. The molecule has 2 heteroatoms. The van der Waals surface area contributed by atoms with Crippen LogP contribution in [0.15, 0.2) is 36.4 Å². The second-order valence-corrected chi connectivity index (χ2v) is 5.00. The molecule has 2 atom stereocenters. The monoisotopic (exact) mass is 246 g/mol. The standard InChI is InChI=1S/C16H22O2/c1-18-15-10-7-13(8-11-15)9-12-16(17)14-5-3-2-4-6-14/h2-3,7-8,10-11,14,16-17H,4-6,9,12H2,1H3. The first-order valence-corrected chi connectivity index (χ1v) is 6.75. The fourth-order valence-electron chi connectivity index (χ4n) is 2.51. The highest BCUT2D eigenvalue weighted by molar-refractivity contribution is 5.27. The smallest absolute Gasteiger partial charge is 0.118 e. The van der Waals surface area contributed by atoms with Crippen LogP contribution in [0.4, 0.5) is 0 Å². The molecule has 18 heavy (non-hydrogen) atoms. The van der Waals surface area contributed by atoms with Gasteiger partial charge in [0.2, 0.25) is 0 Å². The molecule has 0 fully saturated rings. The first kappa shape index (κ1) is 13.2. The van der Waals surface area contributed by atoms with Gasteiger partial charge in [-0.25, -0.2) is 0 Å². The Morgan fingerprint density at radius 3 is 2.67 bits per heavy atom. The summed E-state index contributed by atoms with van der Waals surface area (Å²) in [4.78, 5) is 0. The summed E-state index contributed by atoms with van der Waals surface area (Å²) in [6, 6.07) is 8.11. The van der Waals surface area contributed by atoms with Crippen molar-refractivity contribution in [3.63, 3.8) is 0 Å². The van der Waals surface area contributed by atoms with E-state index >= 15 is 0 Å². The first-order chi connectivity index (χ1) is 8.79. The predicted octanol–water partition coefficient (Wildman–Crippen LogP) is 3.35. The number of benzene rings is 1. The minimum Gasteiger partial charge on any atom is -0.497 e. The van der Waals surface area contributed by atoms with Crippen LogP contribution in [0.3, 0.4) is 0 Å². The normalized spacial score (nSPS) is 20.7. The van der Waals surface area contributed by atoms with Crippen molar-refractivity contribution in [2.45, 2.75) is 38.2 Å². The van der Waals surface area contributed by atoms with Crippen LogP contribution < -0.4 is 4.74 Å². The van der Waals surface area contributed by atoms with Crippen LogP contribution in [0.5, 0.6) is 5.75 Å². The minimum atomic E-state index is -0.169. The van der Waals surface area contributed by atoms with Crippen LogP contribution in [0.1, 0.15) is 31.2 Å². The summed E-state index contributed by atoms with van der Waals surface area (Å²) in [6.07, 6.45) is 9.30. The van der Waals surface area contributed by atoms with Gasteiger partial charge in [0.15, 0.2) is 0 Å². The van der Waals surface area contributed by atoms with E-state index in [1.54, 1.807) is 7.11 Å². The van der Waals surface area contributed by atoms with Crippen molar-refractivity contribution >= 4 is 0 Å². The predicted molar refractivity (Wildman–Crippen MR) is 73.8 cm³/mol. The maximum atomic E-state index is 10.2. The Bertz CT molecular complexity index is 381. The molecule has 0 aromatic heterocycles. The molecule has 1 aromatic rings. The Kier molecular flexibility index (Phi) is 4.82. The van der Waals surface area contributed by atoms with Gasteiger partial charge in [0.05, 0.1) is 13.2 Å². The Balaban J connectivity index is 1.80. The number of aliphatic hydroxyl groups excluding tert-OH is 1. The van der Waals surface area contributed by atoms with Gasteiger partial charge in [-0.2, -0.15) is 0 Å². The number of aryl methyl sites for hydroxylation is 1. The third-order valence-corrected chi connectivity index (χ3v) is 3.74. The summed E-state index contributed by atoms with van der Waals surface area (Å²) in [5.41, 5.74) is 1.27. The van der Waals surface area contributed by atoms with Crippen molar-refractivity contribution in [2.24, 2.45) is 5.92 Å². The quantitative estimate of drug-likeness (QED) is 0.807. The van der Waals surface area contributed by atoms with E-state index in [1.165, 1.54) is 5.56 Å². The second-order valence-electron chi connectivity index (χ2n) is 5.00. The fourth-order valence-corrected chi connectivity index (χ4v) is 2.51. The number of hydrogen-bond donors (Lipinski definition) is 1. The SMILES string of the molecule is COc1ccc(CCC(O)C2CC=CCC2)cc1. The Labute approximate surface area is 109 Å². The number of ether oxygens (including phenoxy) is 1. The minimum absolute atomic E-state index is 0.169. The summed E-state index contributed by atoms with van der Waals surface area (Å²) < 4.78 is 5.13. The number of aliphatic hydroxyl groups is 1. The van der Waals surface area contributed by atoms with Gasteiger partial charge in [-0.05, 0) is 55.7 Å². The molecule has 2 unspecified atom stereocenters. The van der Waals surface area contributed by atoms with Gasteiger partial charge >= 0.3 is 0 Å². The van der Waals surface area contributed by atoms with Crippen molar-refractivity contribution in [1.29, 1.82) is 0 Å². The summed E-state index contributed by atoms with van der Waals surface area (Å²) in [5.74, 6) is 1.34. The maximum absolute atomic E-state index is 10.2. The third-order valence-electron chi connectivity index (χ3n) is 3.74. The number of methoxy groups -OCH3 is 1. The zero-order valence-corrected chi connectivity index (χ0v) is 11.0. The summed E-state index contributed by atoms with van der Waals surface area (Å²) >= 11 is 0.